The van der Waals surface area contributed by atoms with Crippen LogP contribution in [0.25, 0.3) is 76.9 Å². The van der Waals surface area contributed by atoms with Gasteiger partial charge in [0.2, 0.25) is 0 Å². The molecule has 0 fully saturated rings. The topological polar surface area (TPSA) is 16.4 Å². The first-order chi connectivity index (χ1) is 25.7. The van der Waals surface area contributed by atoms with Gasteiger partial charge in [0.05, 0.1) is 0 Å². The van der Waals surface area contributed by atoms with Gasteiger partial charge in [-0.1, -0.05) is 133 Å². The Kier molecular flexibility index (Phi) is 7.18. The molecule has 1 heterocycles. The lowest BCUT2D eigenvalue weighted by molar-refractivity contribution is 0.669. The molecule has 0 unspecified atom stereocenters. The first-order valence-electron chi connectivity index (χ1n) is 17.7. The maximum atomic E-state index is 6.34. The lowest BCUT2D eigenvalue weighted by Crippen LogP contribution is -2.09. The summed E-state index contributed by atoms with van der Waals surface area (Å²) in [6.45, 7) is 0. The molecule has 52 heavy (non-hydrogen) atoms. The number of anilines is 3. The molecule has 10 aromatic rings. The Morgan fingerprint density at radius 1 is 0.269 bits per heavy atom. The van der Waals surface area contributed by atoms with E-state index < -0.39 is 0 Å². The van der Waals surface area contributed by atoms with Crippen LogP contribution in [-0.4, -0.2) is 0 Å². The average molecular weight is 664 g/mol. The number of hydrogen-bond donors (Lipinski definition) is 0. The van der Waals surface area contributed by atoms with Crippen LogP contribution in [0, 0.1) is 0 Å². The summed E-state index contributed by atoms with van der Waals surface area (Å²) in [6, 6.07) is 71.8. The summed E-state index contributed by atoms with van der Waals surface area (Å²) in [7, 11) is 0. The predicted molar refractivity (Wildman–Crippen MR) is 220 cm³/mol. The van der Waals surface area contributed by atoms with E-state index in [4.69, 9.17) is 4.42 Å². The number of rotatable bonds is 6. The lowest BCUT2D eigenvalue weighted by atomic mass is 9.96. The first kappa shape index (κ1) is 30.0. The highest BCUT2D eigenvalue weighted by atomic mass is 16.3. The second-order valence-electron chi connectivity index (χ2n) is 13.4. The van der Waals surface area contributed by atoms with E-state index in [2.05, 4.69) is 193 Å². The third kappa shape index (κ3) is 5.39. The van der Waals surface area contributed by atoms with Gasteiger partial charge in [0, 0.05) is 33.9 Å². The number of benzene rings is 9. The summed E-state index contributed by atoms with van der Waals surface area (Å²) in [6.07, 6.45) is 0. The van der Waals surface area contributed by atoms with Gasteiger partial charge in [-0.3, -0.25) is 0 Å². The van der Waals surface area contributed by atoms with Gasteiger partial charge in [-0.2, -0.15) is 0 Å². The zero-order valence-corrected chi connectivity index (χ0v) is 28.4. The molecule has 0 aliphatic rings. The van der Waals surface area contributed by atoms with Crippen LogP contribution in [0.2, 0.25) is 0 Å². The van der Waals surface area contributed by atoms with E-state index in [9.17, 15) is 0 Å². The first-order valence-corrected chi connectivity index (χ1v) is 17.7. The molecule has 2 heteroatoms. The van der Waals surface area contributed by atoms with Crippen LogP contribution in [0.3, 0.4) is 0 Å². The fourth-order valence-electron chi connectivity index (χ4n) is 7.52. The van der Waals surface area contributed by atoms with E-state index >= 15 is 0 Å². The maximum absolute atomic E-state index is 6.34. The molecule has 0 saturated carbocycles. The predicted octanol–water partition coefficient (Wildman–Crippen LogP) is 14.4. The van der Waals surface area contributed by atoms with E-state index in [1.54, 1.807) is 0 Å². The van der Waals surface area contributed by atoms with Crippen molar-refractivity contribution in [2.24, 2.45) is 0 Å². The van der Waals surface area contributed by atoms with Crippen molar-refractivity contribution in [3.63, 3.8) is 0 Å². The summed E-state index contributed by atoms with van der Waals surface area (Å²) < 4.78 is 6.34. The Morgan fingerprint density at radius 3 is 1.35 bits per heavy atom. The molecule has 0 spiro atoms. The second kappa shape index (κ2) is 12.5. The summed E-state index contributed by atoms with van der Waals surface area (Å²) in [5.41, 5.74) is 12.3. The molecule has 0 N–H and O–H groups in total. The second-order valence-corrected chi connectivity index (χ2v) is 13.4. The Morgan fingerprint density at radius 2 is 0.692 bits per heavy atom. The van der Waals surface area contributed by atoms with E-state index in [1.807, 2.05) is 12.1 Å². The van der Waals surface area contributed by atoms with Crippen molar-refractivity contribution >= 4 is 60.5 Å². The van der Waals surface area contributed by atoms with E-state index in [0.29, 0.717) is 0 Å². The van der Waals surface area contributed by atoms with Crippen LogP contribution >= 0.6 is 0 Å². The molecule has 9 aromatic carbocycles. The van der Waals surface area contributed by atoms with Gasteiger partial charge >= 0.3 is 0 Å². The van der Waals surface area contributed by atoms with E-state index in [-0.39, 0.29) is 0 Å². The Bertz CT molecular complexity index is 2890. The summed E-state index contributed by atoms with van der Waals surface area (Å²) in [5.74, 6) is 0. The van der Waals surface area contributed by atoms with Gasteiger partial charge in [-0.05, 0) is 116 Å². The van der Waals surface area contributed by atoms with Crippen molar-refractivity contribution in [2.75, 3.05) is 4.90 Å². The smallest absolute Gasteiger partial charge is 0.137 e. The van der Waals surface area contributed by atoms with Crippen LogP contribution < -0.4 is 4.90 Å². The van der Waals surface area contributed by atoms with Gasteiger partial charge in [0.1, 0.15) is 11.2 Å². The fourth-order valence-corrected chi connectivity index (χ4v) is 7.52. The average Bonchev–Trinajstić information content (AvgIpc) is 3.59. The fraction of sp³-hybridized carbons (Fsp3) is 0. The lowest BCUT2D eigenvalue weighted by Gasteiger charge is -2.26. The standard InChI is InChI=1S/C50H33NO/c1-3-9-34(10-4-1)36-21-24-44(25-22-36)51(46-27-28-48-47-13-7-8-14-49(47)52-50(48)33-46)45-26-23-42-31-41(19-20-43(42)32-45)40-18-17-38-29-37(15-16-39(38)30-40)35-11-5-2-6-12-35/h1-33H. The van der Waals surface area contributed by atoms with E-state index in [1.165, 1.54) is 54.9 Å². The SMILES string of the molecule is c1ccc(-c2ccc(N(c3ccc4cc(-c5ccc6cc(-c7ccccc7)ccc6c5)ccc4c3)c3ccc4c(c3)oc3ccccc34)cc2)cc1. The molecular weight excluding hydrogens is 631 g/mol. The molecule has 0 radical (unpaired) electrons. The van der Waals surface area contributed by atoms with Crippen molar-refractivity contribution < 1.29 is 4.42 Å². The largest absolute Gasteiger partial charge is 0.456 e. The van der Waals surface area contributed by atoms with Crippen LogP contribution in [-0.2, 0) is 0 Å². The minimum Gasteiger partial charge on any atom is -0.456 e. The molecule has 0 bridgehead atoms. The molecule has 0 amide bonds. The molecule has 0 atom stereocenters. The maximum Gasteiger partial charge on any atom is 0.137 e. The summed E-state index contributed by atoms with van der Waals surface area (Å²) >= 11 is 0. The third-order valence-electron chi connectivity index (χ3n) is 10.2. The van der Waals surface area contributed by atoms with Crippen molar-refractivity contribution in [2.45, 2.75) is 0 Å². The minimum atomic E-state index is 0.877. The number of hydrogen-bond acceptors (Lipinski definition) is 2. The van der Waals surface area contributed by atoms with Crippen LogP contribution in [0.15, 0.2) is 205 Å². The molecule has 244 valence electrons. The zero-order chi connectivity index (χ0) is 34.4. The monoisotopic (exact) mass is 663 g/mol. The van der Waals surface area contributed by atoms with Gasteiger partial charge in [-0.15, -0.1) is 0 Å². The molecular formula is C50H33NO. The molecule has 2 nitrogen and oxygen atoms in total. The number of para-hydroxylation sites is 1. The zero-order valence-electron chi connectivity index (χ0n) is 28.4. The van der Waals surface area contributed by atoms with Crippen molar-refractivity contribution in [3.05, 3.63) is 200 Å². The van der Waals surface area contributed by atoms with Gasteiger partial charge in [0.25, 0.3) is 0 Å². The molecule has 0 aliphatic heterocycles. The number of nitrogens with zero attached hydrogens (tertiary/aromatic N) is 1. The molecule has 1 aromatic heterocycles. The van der Waals surface area contributed by atoms with Crippen LogP contribution in [0.4, 0.5) is 17.1 Å². The van der Waals surface area contributed by atoms with Gasteiger partial charge < -0.3 is 9.32 Å². The molecule has 0 aliphatic carbocycles. The highest BCUT2D eigenvalue weighted by molar-refractivity contribution is 6.06. The Hall–Kier alpha value is -6.90. The highest BCUT2D eigenvalue weighted by Crippen LogP contribution is 2.40. The van der Waals surface area contributed by atoms with Crippen molar-refractivity contribution in [3.8, 4) is 33.4 Å². The Labute approximate surface area is 302 Å². The highest BCUT2D eigenvalue weighted by Gasteiger charge is 2.16. The van der Waals surface area contributed by atoms with E-state index in [0.717, 1.165) is 39.0 Å². The van der Waals surface area contributed by atoms with Gasteiger partial charge in [0.15, 0.2) is 0 Å². The summed E-state index contributed by atoms with van der Waals surface area (Å²) in [5, 5.41) is 7.12. The van der Waals surface area contributed by atoms with Crippen LogP contribution in [0.5, 0.6) is 0 Å². The normalized spacial score (nSPS) is 11.5. The third-order valence-corrected chi connectivity index (χ3v) is 10.2. The van der Waals surface area contributed by atoms with Crippen molar-refractivity contribution in [1.82, 2.24) is 0 Å². The molecule has 10 rings (SSSR count). The van der Waals surface area contributed by atoms with Gasteiger partial charge in [-0.25, -0.2) is 0 Å². The Balaban J connectivity index is 1.03. The minimum absolute atomic E-state index is 0.877. The summed E-state index contributed by atoms with van der Waals surface area (Å²) in [4.78, 5) is 2.32. The van der Waals surface area contributed by atoms with Crippen LogP contribution in [0.1, 0.15) is 0 Å². The number of fused-ring (bicyclic) bond motifs is 5. The number of furan rings is 1. The quantitative estimate of drug-likeness (QED) is 0.176. The van der Waals surface area contributed by atoms with Crippen molar-refractivity contribution in [1.29, 1.82) is 0 Å². The molecule has 0 saturated heterocycles.